The van der Waals surface area contributed by atoms with Crippen molar-refractivity contribution < 1.29 is 9.90 Å². The third-order valence-corrected chi connectivity index (χ3v) is 7.26. The quantitative estimate of drug-likeness (QED) is 0.507. The molecule has 1 saturated heterocycles. The minimum atomic E-state index is -0.268. The summed E-state index contributed by atoms with van der Waals surface area (Å²) in [4.78, 5) is 33.4. The van der Waals surface area contributed by atoms with Crippen LogP contribution in [0.15, 0.2) is 28.0 Å². The summed E-state index contributed by atoms with van der Waals surface area (Å²) < 4.78 is 2.04. The number of rotatable bonds is 6. The SMILES string of the molecule is CC[C@H](CO)Nc1nc2c(C)cccn2c(=O)c1/C=C1/SC(=S)N(C2CCCC2)C1=O. The van der Waals surface area contributed by atoms with Crippen molar-refractivity contribution >= 4 is 51.7 Å². The van der Waals surface area contributed by atoms with Gasteiger partial charge in [0.05, 0.1) is 23.1 Å². The van der Waals surface area contributed by atoms with Crippen molar-refractivity contribution in [3.63, 3.8) is 0 Å². The van der Waals surface area contributed by atoms with Crippen LogP contribution in [0.5, 0.6) is 0 Å². The minimum Gasteiger partial charge on any atom is -0.394 e. The van der Waals surface area contributed by atoms with Crippen LogP contribution in [0.1, 0.15) is 50.2 Å². The standard InChI is InChI=1S/C22H26N4O3S2/c1-3-14(12-27)23-18-16(20(28)25-10-6-7-13(2)19(25)24-18)11-17-21(29)26(22(30)31-17)15-8-4-5-9-15/h6-7,10-11,14-15,23,27H,3-5,8-9,12H2,1-2H3/b17-11+/t14-/m1/s1. The number of pyridine rings is 1. The lowest BCUT2D eigenvalue weighted by Gasteiger charge is -2.22. The number of aliphatic hydroxyl groups is 1. The van der Waals surface area contributed by atoms with Crippen LogP contribution < -0.4 is 10.9 Å². The topological polar surface area (TPSA) is 86.9 Å². The van der Waals surface area contributed by atoms with Gasteiger partial charge >= 0.3 is 0 Å². The first kappa shape index (κ1) is 22.0. The van der Waals surface area contributed by atoms with Gasteiger partial charge in [0, 0.05) is 12.2 Å². The molecule has 1 aliphatic carbocycles. The molecule has 1 aliphatic heterocycles. The van der Waals surface area contributed by atoms with Crippen LogP contribution in [0.4, 0.5) is 5.82 Å². The van der Waals surface area contributed by atoms with Gasteiger partial charge in [-0.05, 0) is 43.9 Å². The Balaban J connectivity index is 1.82. The third kappa shape index (κ3) is 4.14. The van der Waals surface area contributed by atoms with Crippen LogP contribution in [0.25, 0.3) is 11.7 Å². The molecule has 7 nitrogen and oxygen atoms in total. The monoisotopic (exact) mass is 458 g/mol. The van der Waals surface area contributed by atoms with E-state index in [1.54, 1.807) is 23.2 Å². The van der Waals surface area contributed by atoms with Crippen molar-refractivity contribution in [2.45, 2.75) is 58.0 Å². The zero-order valence-corrected chi connectivity index (χ0v) is 19.3. The zero-order chi connectivity index (χ0) is 22.1. The Hall–Kier alpha value is -2.23. The molecule has 0 aromatic carbocycles. The molecule has 2 aromatic heterocycles. The molecule has 1 atom stereocenters. The normalized spacial score (nSPS) is 19.7. The van der Waals surface area contributed by atoms with Gasteiger partial charge in [0.1, 0.15) is 15.8 Å². The Labute approximate surface area is 190 Å². The second-order valence-corrected chi connectivity index (χ2v) is 9.66. The van der Waals surface area contributed by atoms with Crippen LogP contribution >= 0.6 is 24.0 Å². The molecule has 0 unspecified atom stereocenters. The first-order chi connectivity index (χ1) is 14.9. The van der Waals surface area contributed by atoms with Gasteiger partial charge < -0.3 is 10.4 Å². The van der Waals surface area contributed by atoms with Gasteiger partial charge in [-0.3, -0.25) is 18.9 Å². The lowest BCUT2D eigenvalue weighted by Crippen LogP contribution is -2.36. The summed E-state index contributed by atoms with van der Waals surface area (Å²) in [5.41, 5.74) is 1.43. The highest BCUT2D eigenvalue weighted by atomic mass is 32.2. The van der Waals surface area contributed by atoms with Crippen molar-refractivity contribution in [1.82, 2.24) is 14.3 Å². The van der Waals surface area contributed by atoms with Gasteiger partial charge in [0.15, 0.2) is 0 Å². The first-order valence-corrected chi connectivity index (χ1v) is 11.8. The van der Waals surface area contributed by atoms with Crippen molar-refractivity contribution in [3.05, 3.63) is 44.7 Å². The minimum absolute atomic E-state index is 0.0887. The summed E-state index contributed by atoms with van der Waals surface area (Å²) in [5, 5.41) is 12.8. The highest BCUT2D eigenvalue weighted by Gasteiger charge is 2.38. The van der Waals surface area contributed by atoms with E-state index >= 15 is 0 Å². The van der Waals surface area contributed by atoms with E-state index in [0.29, 0.717) is 32.7 Å². The van der Waals surface area contributed by atoms with E-state index in [1.807, 2.05) is 19.9 Å². The number of amides is 1. The van der Waals surface area contributed by atoms with Crippen LogP contribution in [0.2, 0.25) is 0 Å². The second-order valence-electron chi connectivity index (χ2n) is 7.99. The fraction of sp³-hybridized carbons (Fsp3) is 0.455. The molecule has 1 amide bonds. The number of carbonyl (C=O) groups is 1. The number of thiocarbonyl (C=S) groups is 1. The molecule has 31 heavy (non-hydrogen) atoms. The van der Waals surface area contributed by atoms with E-state index in [2.05, 4.69) is 10.3 Å². The summed E-state index contributed by atoms with van der Waals surface area (Å²) >= 11 is 6.73. The summed E-state index contributed by atoms with van der Waals surface area (Å²) in [7, 11) is 0. The van der Waals surface area contributed by atoms with Crippen LogP contribution in [0.3, 0.4) is 0 Å². The summed E-state index contributed by atoms with van der Waals surface area (Å²) in [6.07, 6.45) is 8.06. The second kappa shape index (κ2) is 9.10. The lowest BCUT2D eigenvalue weighted by molar-refractivity contribution is -0.123. The van der Waals surface area contributed by atoms with Gasteiger partial charge in [-0.1, -0.05) is 49.8 Å². The molecule has 2 fully saturated rings. The number of nitrogens with one attached hydrogen (secondary N) is 1. The molecule has 0 spiro atoms. The smallest absolute Gasteiger partial charge is 0.267 e. The predicted molar refractivity (Wildman–Crippen MR) is 128 cm³/mol. The van der Waals surface area contributed by atoms with Gasteiger partial charge in [0.25, 0.3) is 11.5 Å². The number of hydrogen-bond acceptors (Lipinski definition) is 7. The fourth-order valence-corrected chi connectivity index (χ4v) is 5.49. The molecular formula is C22H26N4O3S2. The molecule has 9 heteroatoms. The number of anilines is 1. The molecule has 3 heterocycles. The van der Waals surface area contributed by atoms with Crippen LogP contribution in [0, 0.1) is 6.92 Å². The van der Waals surface area contributed by atoms with Gasteiger partial charge in [-0.2, -0.15) is 0 Å². The number of aryl methyl sites for hydroxylation is 1. The van der Waals surface area contributed by atoms with Gasteiger partial charge in [0.2, 0.25) is 0 Å². The molecule has 164 valence electrons. The molecule has 2 aromatic rings. The number of thioether (sulfide) groups is 1. The fourth-order valence-electron chi connectivity index (χ4n) is 4.11. The van der Waals surface area contributed by atoms with E-state index in [9.17, 15) is 14.7 Å². The van der Waals surface area contributed by atoms with E-state index in [-0.39, 0.29) is 30.2 Å². The third-order valence-electron chi connectivity index (χ3n) is 5.93. The van der Waals surface area contributed by atoms with Gasteiger partial charge in [-0.15, -0.1) is 0 Å². The summed E-state index contributed by atoms with van der Waals surface area (Å²) in [6, 6.07) is 3.58. The average Bonchev–Trinajstić information content (AvgIpc) is 3.37. The number of hydrogen-bond donors (Lipinski definition) is 2. The van der Waals surface area contributed by atoms with E-state index in [4.69, 9.17) is 12.2 Å². The Morgan fingerprint density at radius 2 is 2.13 bits per heavy atom. The average molecular weight is 459 g/mol. The Morgan fingerprint density at radius 3 is 2.81 bits per heavy atom. The van der Waals surface area contributed by atoms with Crippen molar-refractivity contribution in [3.8, 4) is 0 Å². The molecular weight excluding hydrogens is 432 g/mol. The molecule has 2 N–H and O–H groups in total. The molecule has 4 rings (SSSR count). The zero-order valence-electron chi connectivity index (χ0n) is 17.6. The largest absolute Gasteiger partial charge is 0.394 e. The molecule has 0 bridgehead atoms. The lowest BCUT2D eigenvalue weighted by atomic mass is 10.2. The predicted octanol–water partition coefficient (Wildman–Crippen LogP) is 3.33. The van der Waals surface area contributed by atoms with Crippen LogP contribution in [-0.2, 0) is 4.79 Å². The number of nitrogens with zero attached hydrogens (tertiary/aromatic N) is 3. The Bertz CT molecular complexity index is 1120. The number of aromatic nitrogens is 2. The summed E-state index contributed by atoms with van der Waals surface area (Å²) in [6.45, 7) is 3.75. The van der Waals surface area contributed by atoms with E-state index < -0.39 is 0 Å². The van der Waals surface area contributed by atoms with E-state index in [0.717, 1.165) is 31.2 Å². The van der Waals surface area contributed by atoms with E-state index in [1.165, 1.54) is 16.2 Å². The maximum atomic E-state index is 13.4. The van der Waals surface area contributed by atoms with Crippen molar-refractivity contribution in [2.75, 3.05) is 11.9 Å². The highest BCUT2D eigenvalue weighted by molar-refractivity contribution is 8.26. The number of aliphatic hydroxyl groups excluding tert-OH is 1. The number of fused-ring (bicyclic) bond motifs is 1. The van der Waals surface area contributed by atoms with Crippen molar-refractivity contribution in [1.29, 1.82) is 0 Å². The van der Waals surface area contributed by atoms with Gasteiger partial charge in [-0.25, -0.2) is 4.98 Å². The Kier molecular flexibility index (Phi) is 6.45. The van der Waals surface area contributed by atoms with Crippen molar-refractivity contribution in [2.24, 2.45) is 0 Å². The molecule has 2 aliphatic rings. The maximum Gasteiger partial charge on any atom is 0.267 e. The maximum absolute atomic E-state index is 13.4. The molecule has 0 radical (unpaired) electrons. The summed E-state index contributed by atoms with van der Waals surface area (Å²) in [5.74, 6) is 0.224. The number of carbonyl (C=O) groups excluding carboxylic acids is 1. The first-order valence-electron chi connectivity index (χ1n) is 10.6. The van der Waals surface area contributed by atoms with Crippen LogP contribution in [-0.4, -0.2) is 48.3 Å². The Morgan fingerprint density at radius 1 is 1.39 bits per heavy atom. The molecule has 1 saturated carbocycles. The highest BCUT2D eigenvalue weighted by Crippen LogP contribution is 2.38.